The average Bonchev–Trinajstić information content (AvgIpc) is 2.76. The van der Waals surface area contributed by atoms with Crippen molar-refractivity contribution in [2.75, 3.05) is 13.2 Å². The van der Waals surface area contributed by atoms with E-state index in [9.17, 15) is 4.79 Å². The molecule has 0 aliphatic carbocycles. The quantitative estimate of drug-likeness (QED) is 0.468. The lowest BCUT2D eigenvalue weighted by Gasteiger charge is -2.13. The summed E-state index contributed by atoms with van der Waals surface area (Å²) in [5.74, 6) is 3.32. The summed E-state index contributed by atoms with van der Waals surface area (Å²) in [5, 5.41) is 2.58. The van der Waals surface area contributed by atoms with Crippen LogP contribution in [0.1, 0.15) is 12.5 Å². The Morgan fingerprint density at radius 2 is 2.27 bits per heavy atom. The number of terminal acetylenes is 1. The van der Waals surface area contributed by atoms with Gasteiger partial charge in [0, 0.05) is 0 Å². The second-order valence-corrected chi connectivity index (χ2v) is 6.68. The SMILES string of the molecule is C#CCOc1c(Br)cc(/C=C2/SC(=S)NC2=O)cc1OCC. The maximum atomic E-state index is 11.7. The molecular formula is C15H12BrNO3S2. The Labute approximate surface area is 146 Å². The molecular weight excluding hydrogens is 386 g/mol. The van der Waals surface area contributed by atoms with E-state index in [0.29, 0.717) is 31.8 Å². The highest BCUT2D eigenvalue weighted by atomic mass is 79.9. The van der Waals surface area contributed by atoms with Crippen LogP contribution in [0.25, 0.3) is 6.08 Å². The van der Waals surface area contributed by atoms with Gasteiger partial charge in [-0.05, 0) is 46.6 Å². The Morgan fingerprint density at radius 1 is 1.50 bits per heavy atom. The van der Waals surface area contributed by atoms with Crippen LogP contribution in [0.5, 0.6) is 11.5 Å². The molecule has 2 rings (SSSR count). The molecule has 0 unspecified atom stereocenters. The van der Waals surface area contributed by atoms with Gasteiger partial charge in [-0.25, -0.2) is 0 Å². The summed E-state index contributed by atoms with van der Waals surface area (Å²) in [6.07, 6.45) is 6.97. The molecule has 1 amide bonds. The fourth-order valence-corrected chi connectivity index (χ4v) is 3.38. The number of benzene rings is 1. The monoisotopic (exact) mass is 397 g/mol. The van der Waals surface area contributed by atoms with Gasteiger partial charge in [-0.1, -0.05) is 29.9 Å². The number of thiocarbonyl (C=S) groups is 1. The molecule has 22 heavy (non-hydrogen) atoms. The topological polar surface area (TPSA) is 47.6 Å². The maximum absolute atomic E-state index is 11.7. The summed E-state index contributed by atoms with van der Waals surface area (Å²) >= 11 is 9.64. The van der Waals surface area contributed by atoms with Crippen molar-refractivity contribution in [3.05, 3.63) is 27.1 Å². The molecule has 1 saturated heterocycles. The first-order valence-corrected chi connectivity index (χ1v) is 8.34. The number of hydrogen-bond acceptors (Lipinski definition) is 5. The van der Waals surface area contributed by atoms with Crippen molar-refractivity contribution in [3.8, 4) is 23.8 Å². The minimum absolute atomic E-state index is 0.144. The number of thioether (sulfide) groups is 1. The van der Waals surface area contributed by atoms with Crippen LogP contribution >= 0.6 is 39.9 Å². The zero-order valence-corrected chi connectivity index (χ0v) is 14.9. The third kappa shape index (κ3) is 4.03. The number of carbonyl (C=O) groups is 1. The first kappa shape index (κ1) is 16.9. The van der Waals surface area contributed by atoms with Gasteiger partial charge in [0.05, 0.1) is 16.0 Å². The van der Waals surface area contributed by atoms with Crippen LogP contribution in [0.2, 0.25) is 0 Å². The Hall–Kier alpha value is -1.49. The van der Waals surface area contributed by atoms with E-state index in [0.717, 1.165) is 5.56 Å². The first-order valence-electron chi connectivity index (χ1n) is 6.32. The highest BCUT2D eigenvalue weighted by Gasteiger charge is 2.22. The van der Waals surface area contributed by atoms with E-state index in [-0.39, 0.29) is 12.5 Å². The van der Waals surface area contributed by atoms with E-state index in [1.807, 2.05) is 13.0 Å². The van der Waals surface area contributed by atoms with Crippen LogP contribution in [0.4, 0.5) is 0 Å². The van der Waals surface area contributed by atoms with Crippen LogP contribution in [0.3, 0.4) is 0 Å². The summed E-state index contributed by atoms with van der Waals surface area (Å²) < 4.78 is 12.2. The highest BCUT2D eigenvalue weighted by molar-refractivity contribution is 9.10. The molecule has 0 bridgehead atoms. The zero-order chi connectivity index (χ0) is 16.1. The third-order valence-electron chi connectivity index (χ3n) is 2.57. The molecule has 4 nitrogen and oxygen atoms in total. The van der Waals surface area contributed by atoms with Crippen molar-refractivity contribution in [1.82, 2.24) is 5.32 Å². The average molecular weight is 398 g/mol. The Morgan fingerprint density at radius 3 is 2.86 bits per heavy atom. The Kier molecular flexibility index (Phi) is 5.89. The van der Waals surface area contributed by atoms with Crippen LogP contribution in [0, 0.1) is 12.3 Å². The van der Waals surface area contributed by atoms with Crippen molar-refractivity contribution >= 4 is 56.2 Å². The lowest BCUT2D eigenvalue weighted by molar-refractivity contribution is -0.115. The number of hydrogen-bond donors (Lipinski definition) is 1. The molecule has 114 valence electrons. The van der Waals surface area contributed by atoms with E-state index in [1.54, 1.807) is 12.1 Å². The molecule has 1 aromatic carbocycles. The number of rotatable bonds is 5. The van der Waals surface area contributed by atoms with E-state index < -0.39 is 0 Å². The number of amides is 1. The maximum Gasteiger partial charge on any atom is 0.263 e. The lowest BCUT2D eigenvalue weighted by atomic mass is 10.2. The van der Waals surface area contributed by atoms with Gasteiger partial charge in [0.1, 0.15) is 10.9 Å². The summed E-state index contributed by atoms with van der Waals surface area (Å²) in [6.45, 7) is 2.51. The lowest BCUT2D eigenvalue weighted by Crippen LogP contribution is -2.17. The van der Waals surface area contributed by atoms with Crippen LogP contribution in [0.15, 0.2) is 21.5 Å². The van der Waals surface area contributed by atoms with Gasteiger partial charge in [0.25, 0.3) is 5.91 Å². The van der Waals surface area contributed by atoms with E-state index in [4.69, 9.17) is 28.1 Å². The molecule has 7 heteroatoms. The van der Waals surface area contributed by atoms with Crippen LogP contribution < -0.4 is 14.8 Å². The van der Waals surface area contributed by atoms with Gasteiger partial charge >= 0.3 is 0 Å². The third-order valence-corrected chi connectivity index (χ3v) is 4.32. The van der Waals surface area contributed by atoms with E-state index >= 15 is 0 Å². The second-order valence-electron chi connectivity index (χ2n) is 4.11. The largest absolute Gasteiger partial charge is 0.490 e. The summed E-state index contributed by atoms with van der Waals surface area (Å²) in [7, 11) is 0. The minimum atomic E-state index is -0.197. The van der Waals surface area contributed by atoms with Crippen molar-refractivity contribution in [1.29, 1.82) is 0 Å². The van der Waals surface area contributed by atoms with Crippen molar-refractivity contribution in [2.45, 2.75) is 6.92 Å². The van der Waals surface area contributed by atoms with Gasteiger partial charge in [-0.2, -0.15) is 0 Å². The van der Waals surface area contributed by atoms with Crippen molar-refractivity contribution < 1.29 is 14.3 Å². The molecule has 0 atom stereocenters. The molecule has 1 fully saturated rings. The van der Waals surface area contributed by atoms with Gasteiger partial charge < -0.3 is 14.8 Å². The Balaban J connectivity index is 2.38. The number of carbonyl (C=O) groups excluding carboxylic acids is 1. The van der Waals surface area contributed by atoms with Gasteiger partial charge in [0.2, 0.25) is 0 Å². The predicted octanol–water partition coefficient (Wildman–Crippen LogP) is 3.35. The van der Waals surface area contributed by atoms with Crippen LogP contribution in [-0.4, -0.2) is 23.4 Å². The second kappa shape index (κ2) is 7.68. The number of halogens is 1. The first-order chi connectivity index (χ1) is 10.5. The van der Waals surface area contributed by atoms with E-state index in [1.165, 1.54) is 11.8 Å². The molecule has 1 aliphatic heterocycles. The number of nitrogens with one attached hydrogen (secondary N) is 1. The molecule has 1 heterocycles. The zero-order valence-electron chi connectivity index (χ0n) is 11.6. The standard InChI is InChI=1S/C15H12BrNO3S2/c1-3-5-20-13-10(16)6-9(7-11(13)19-4-2)8-12-14(18)17-15(21)22-12/h1,6-8H,4-5H2,2H3,(H,17,18,21)/b12-8+. The highest BCUT2D eigenvalue weighted by Crippen LogP contribution is 2.38. The molecule has 0 spiro atoms. The molecule has 1 N–H and O–H groups in total. The summed E-state index contributed by atoms with van der Waals surface area (Å²) in [6, 6.07) is 3.62. The van der Waals surface area contributed by atoms with E-state index in [2.05, 4.69) is 27.2 Å². The number of ether oxygens (including phenoxy) is 2. The molecule has 0 aromatic heterocycles. The van der Waals surface area contributed by atoms with Gasteiger partial charge in [0.15, 0.2) is 11.5 Å². The fraction of sp³-hybridized carbons (Fsp3) is 0.200. The molecule has 1 aliphatic rings. The molecule has 0 radical (unpaired) electrons. The van der Waals surface area contributed by atoms with Crippen molar-refractivity contribution in [2.24, 2.45) is 0 Å². The minimum Gasteiger partial charge on any atom is -0.490 e. The predicted molar refractivity (Wildman–Crippen MR) is 95.9 cm³/mol. The molecule has 1 aromatic rings. The van der Waals surface area contributed by atoms with Gasteiger partial charge in [-0.3, -0.25) is 4.79 Å². The summed E-state index contributed by atoms with van der Waals surface area (Å²) in [4.78, 5) is 12.3. The molecule has 0 saturated carbocycles. The smallest absolute Gasteiger partial charge is 0.263 e. The summed E-state index contributed by atoms with van der Waals surface area (Å²) in [5.41, 5.74) is 0.797. The fourth-order valence-electron chi connectivity index (χ4n) is 1.76. The van der Waals surface area contributed by atoms with Gasteiger partial charge in [-0.15, -0.1) is 6.42 Å². The Bertz CT molecular complexity index is 695. The van der Waals surface area contributed by atoms with Crippen LogP contribution in [-0.2, 0) is 4.79 Å². The normalized spacial score (nSPS) is 15.6. The van der Waals surface area contributed by atoms with Crippen molar-refractivity contribution in [3.63, 3.8) is 0 Å².